The van der Waals surface area contributed by atoms with Crippen molar-refractivity contribution in [1.29, 1.82) is 0 Å². The van der Waals surface area contributed by atoms with Gasteiger partial charge in [0.2, 0.25) is 10.0 Å². The molecule has 0 spiro atoms. The van der Waals surface area contributed by atoms with E-state index in [1.807, 2.05) is 0 Å². The van der Waals surface area contributed by atoms with Gasteiger partial charge in [-0.15, -0.1) is 0 Å². The normalized spacial score (nSPS) is 11.6. The van der Waals surface area contributed by atoms with E-state index in [1.54, 1.807) is 38.4 Å². The van der Waals surface area contributed by atoms with Crippen LogP contribution in [0.25, 0.3) is 0 Å². The fourth-order valence-corrected chi connectivity index (χ4v) is 3.24. The predicted octanol–water partition coefficient (Wildman–Crippen LogP) is 2.16. The van der Waals surface area contributed by atoms with Crippen LogP contribution in [0.15, 0.2) is 47.4 Å². The third kappa shape index (κ3) is 5.23. The molecule has 0 aliphatic heterocycles. The number of sulfonamides is 1. The maximum absolute atomic E-state index is 13.1. The molecule has 0 radical (unpaired) electrons. The van der Waals surface area contributed by atoms with Crippen molar-refractivity contribution in [3.05, 3.63) is 64.4 Å². The summed E-state index contributed by atoms with van der Waals surface area (Å²) in [6.07, 6.45) is 0. The van der Waals surface area contributed by atoms with Gasteiger partial charge in [0.05, 0.1) is 9.92 Å². The topological polar surface area (TPSA) is 78.5 Å². The highest BCUT2D eigenvalue weighted by atomic mass is 35.5. The summed E-state index contributed by atoms with van der Waals surface area (Å²) in [5.41, 5.74) is 3.72. The Balaban J connectivity index is 2.05. The Bertz CT molecular complexity index is 871. The van der Waals surface area contributed by atoms with Crippen LogP contribution in [0.4, 0.5) is 4.39 Å². The molecule has 2 N–H and O–H groups in total. The molecule has 0 unspecified atom stereocenters. The Morgan fingerprint density at radius 1 is 1.16 bits per heavy atom. The van der Waals surface area contributed by atoms with E-state index in [0.29, 0.717) is 11.1 Å². The van der Waals surface area contributed by atoms with E-state index in [9.17, 15) is 17.6 Å². The molecule has 2 aromatic carbocycles. The van der Waals surface area contributed by atoms with Crippen molar-refractivity contribution < 1.29 is 17.6 Å². The minimum Gasteiger partial charge on any atom is -0.285 e. The summed E-state index contributed by atoms with van der Waals surface area (Å²) in [6.45, 7) is 0.0207. The number of amides is 1. The zero-order valence-corrected chi connectivity index (χ0v) is 15.2. The first-order valence-electron chi connectivity index (χ1n) is 7.21. The van der Waals surface area contributed by atoms with Gasteiger partial charge in [0.15, 0.2) is 0 Å². The molecule has 1 amide bonds. The van der Waals surface area contributed by atoms with Crippen molar-refractivity contribution in [2.24, 2.45) is 0 Å². The maximum Gasteiger partial charge on any atom is 0.265 e. The van der Waals surface area contributed by atoms with Crippen molar-refractivity contribution in [2.45, 2.75) is 11.4 Å². The number of benzene rings is 2. The number of hydrazine groups is 1. The van der Waals surface area contributed by atoms with E-state index >= 15 is 0 Å². The highest BCUT2D eigenvalue weighted by Crippen LogP contribution is 2.19. The monoisotopic (exact) mass is 385 g/mol. The van der Waals surface area contributed by atoms with E-state index in [1.165, 1.54) is 5.01 Å². The summed E-state index contributed by atoms with van der Waals surface area (Å²) in [7, 11) is -0.433. The fraction of sp³-hybridized carbons (Fsp3) is 0.188. The van der Waals surface area contributed by atoms with E-state index < -0.39 is 15.8 Å². The van der Waals surface area contributed by atoms with Crippen LogP contribution in [-0.4, -0.2) is 33.4 Å². The highest BCUT2D eigenvalue weighted by Gasteiger charge is 2.15. The van der Waals surface area contributed by atoms with Crippen molar-refractivity contribution in [3.8, 4) is 0 Å². The molecule has 0 saturated heterocycles. The van der Waals surface area contributed by atoms with Gasteiger partial charge in [0.1, 0.15) is 5.82 Å². The van der Waals surface area contributed by atoms with Gasteiger partial charge in [-0.05, 0) is 35.9 Å². The number of nitrogens with zero attached hydrogens (tertiary/aromatic N) is 1. The second-order valence-electron chi connectivity index (χ2n) is 5.43. The molecule has 0 atom stereocenters. The zero-order chi connectivity index (χ0) is 18.6. The Morgan fingerprint density at radius 3 is 2.36 bits per heavy atom. The van der Waals surface area contributed by atoms with Crippen molar-refractivity contribution in [1.82, 2.24) is 15.2 Å². The molecule has 9 heteroatoms. The molecule has 2 aromatic rings. The summed E-state index contributed by atoms with van der Waals surface area (Å²) in [4.78, 5) is 11.7. The van der Waals surface area contributed by atoms with E-state index in [0.717, 1.165) is 18.2 Å². The SMILES string of the molecule is CN(C)NC(=O)c1ccc(CNS(=O)(=O)c2ccc(F)c(Cl)c2)cc1. The third-order valence-electron chi connectivity index (χ3n) is 3.21. The Morgan fingerprint density at radius 2 is 1.80 bits per heavy atom. The lowest BCUT2D eigenvalue weighted by Gasteiger charge is -2.12. The Labute approximate surface area is 150 Å². The Hall–Kier alpha value is -2.00. The molecule has 25 heavy (non-hydrogen) atoms. The smallest absolute Gasteiger partial charge is 0.265 e. The number of hydrogen-bond acceptors (Lipinski definition) is 4. The van der Waals surface area contributed by atoms with Gasteiger partial charge in [-0.2, -0.15) is 0 Å². The first-order chi connectivity index (χ1) is 11.7. The molecule has 0 bridgehead atoms. The average Bonchev–Trinajstić information content (AvgIpc) is 2.55. The summed E-state index contributed by atoms with van der Waals surface area (Å²) < 4.78 is 39.9. The van der Waals surface area contributed by atoms with Crippen LogP contribution < -0.4 is 10.1 Å². The molecule has 0 aliphatic rings. The number of rotatable bonds is 6. The maximum atomic E-state index is 13.1. The molecule has 2 rings (SSSR count). The van der Waals surface area contributed by atoms with Gasteiger partial charge < -0.3 is 0 Å². The Kier molecular flexibility index (Phi) is 6.12. The number of hydrogen-bond donors (Lipinski definition) is 2. The van der Waals surface area contributed by atoms with Gasteiger partial charge >= 0.3 is 0 Å². The van der Waals surface area contributed by atoms with Crippen LogP contribution in [-0.2, 0) is 16.6 Å². The van der Waals surface area contributed by atoms with E-state index in [-0.39, 0.29) is 22.4 Å². The number of halogens is 2. The third-order valence-corrected chi connectivity index (χ3v) is 4.90. The van der Waals surface area contributed by atoms with Crippen molar-refractivity contribution >= 4 is 27.5 Å². The average molecular weight is 386 g/mol. The molecular formula is C16H17ClFN3O3S. The highest BCUT2D eigenvalue weighted by molar-refractivity contribution is 7.89. The van der Waals surface area contributed by atoms with Crippen LogP contribution in [0.5, 0.6) is 0 Å². The van der Waals surface area contributed by atoms with E-state index in [2.05, 4.69) is 10.1 Å². The van der Waals surface area contributed by atoms with Crippen molar-refractivity contribution in [3.63, 3.8) is 0 Å². The van der Waals surface area contributed by atoms with Gasteiger partial charge in [-0.3, -0.25) is 10.2 Å². The predicted molar refractivity (Wildman–Crippen MR) is 93.0 cm³/mol. The fourth-order valence-electron chi connectivity index (χ4n) is 1.95. The first-order valence-corrected chi connectivity index (χ1v) is 9.07. The van der Waals surface area contributed by atoms with Gasteiger partial charge in [0.25, 0.3) is 5.91 Å². The van der Waals surface area contributed by atoms with Crippen LogP contribution in [0.3, 0.4) is 0 Å². The van der Waals surface area contributed by atoms with Gasteiger partial charge in [-0.25, -0.2) is 22.5 Å². The second kappa shape index (κ2) is 7.92. The molecule has 0 heterocycles. The lowest BCUT2D eigenvalue weighted by Crippen LogP contribution is -2.36. The van der Waals surface area contributed by atoms with Crippen LogP contribution in [0.1, 0.15) is 15.9 Å². The molecule has 0 saturated carbocycles. The number of carbonyl (C=O) groups is 1. The minimum absolute atomic E-state index is 0.0207. The number of nitrogens with one attached hydrogen (secondary N) is 2. The quantitative estimate of drug-likeness (QED) is 0.747. The van der Waals surface area contributed by atoms with E-state index in [4.69, 9.17) is 11.6 Å². The van der Waals surface area contributed by atoms with Crippen molar-refractivity contribution in [2.75, 3.05) is 14.1 Å². The molecule has 0 aliphatic carbocycles. The summed E-state index contributed by atoms with van der Waals surface area (Å²) in [5, 5.41) is 1.26. The van der Waals surface area contributed by atoms with Gasteiger partial charge in [-0.1, -0.05) is 23.7 Å². The lowest BCUT2D eigenvalue weighted by molar-refractivity contribution is 0.0857. The summed E-state index contributed by atoms with van der Waals surface area (Å²) in [5.74, 6) is -0.953. The van der Waals surface area contributed by atoms with Gasteiger partial charge in [0, 0.05) is 26.2 Å². The largest absolute Gasteiger partial charge is 0.285 e. The zero-order valence-electron chi connectivity index (χ0n) is 13.6. The lowest BCUT2D eigenvalue weighted by atomic mass is 10.1. The van der Waals surface area contributed by atoms with Crippen LogP contribution >= 0.6 is 11.6 Å². The standard InChI is InChI=1S/C16H17ClFN3O3S/c1-21(2)20-16(22)12-5-3-11(4-6-12)10-19-25(23,24)13-7-8-15(18)14(17)9-13/h3-9,19H,10H2,1-2H3,(H,20,22). The second-order valence-corrected chi connectivity index (χ2v) is 7.61. The molecule has 0 fully saturated rings. The number of carbonyl (C=O) groups excluding carboxylic acids is 1. The van der Waals surface area contributed by atoms with Crippen LogP contribution in [0.2, 0.25) is 5.02 Å². The molecular weight excluding hydrogens is 369 g/mol. The minimum atomic E-state index is -3.83. The summed E-state index contributed by atoms with van der Waals surface area (Å²) in [6, 6.07) is 9.66. The first kappa shape index (κ1) is 19.3. The molecule has 134 valence electrons. The van der Waals surface area contributed by atoms with Crippen LogP contribution in [0, 0.1) is 5.82 Å². The molecule has 6 nitrogen and oxygen atoms in total. The summed E-state index contributed by atoms with van der Waals surface area (Å²) >= 11 is 5.61. The molecule has 0 aromatic heterocycles.